The number of aryl methyl sites for hydroxylation is 1. The Morgan fingerprint density at radius 2 is 1.90 bits per heavy atom. The highest BCUT2D eigenvalue weighted by Crippen LogP contribution is 2.48. The van der Waals surface area contributed by atoms with Crippen LogP contribution in [-0.4, -0.2) is 5.11 Å². The molecule has 1 N–H and O–H groups in total. The van der Waals surface area contributed by atoms with Gasteiger partial charge in [-0.05, 0) is 37.2 Å². The first kappa shape index (κ1) is 12.7. The summed E-state index contributed by atoms with van der Waals surface area (Å²) in [6.45, 7) is 0. The van der Waals surface area contributed by atoms with Crippen molar-refractivity contribution in [3.8, 4) is 5.75 Å². The summed E-state index contributed by atoms with van der Waals surface area (Å²) >= 11 is 0. The first-order chi connectivity index (χ1) is 10.3. The van der Waals surface area contributed by atoms with Crippen LogP contribution in [0, 0.1) is 5.92 Å². The van der Waals surface area contributed by atoms with Gasteiger partial charge in [0.15, 0.2) is 0 Å². The molecule has 1 aromatic carbocycles. The van der Waals surface area contributed by atoms with Crippen LogP contribution in [0.4, 0.5) is 0 Å². The van der Waals surface area contributed by atoms with Gasteiger partial charge in [-0.25, -0.2) is 4.79 Å². The van der Waals surface area contributed by atoms with Gasteiger partial charge in [0, 0.05) is 17.9 Å². The number of aromatic hydroxyl groups is 1. The van der Waals surface area contributed by atoms with Gasteiger partial charge in [-0.1, -0.05) is 30.3 Å². The Kier molecular flexibility index (Phi) is 2.88. The molecule has 108 valence electrons. The summed E-state index contributed by atoms with van der Waals surface area (Å²) in [5.74, 6) is 1.29. The molecule has 4 rings (SSSR count). The molecule has 0 amide bonds. The van der Waals surface area contributed by atoms with Crippen molar-refractivity contribution < 1.29 is 9.52 Å². The second-order valence-corrected chi connectivity index (χ2v) is 6.13. The minimum absolute atomic E-state index is 0.0339. The van der Waals surface area contributed by atoms with Crippen molar-refractivity contribution in [1.82, 2.24) is 0 Å². The third-order valence-corrected chi connectivity index (χ3v) is 4.71. The number of fused-ring (bicyclic) bond motifs is 1. The highest BCUT2D eigenvalue weighted by Gasteiger charge is 2.38. The van der Waals surface area contributed by atoms with Gasteiger partial charge in [-0.15, -0.1) is 0 Å². The molecule has 1 unspecified atom stereocenters. The van der Waals surface area contributed by atoms with E-state index in [2.05, 4.69) is 0 Å². The van der Waals surface area contributed by atoms with E-state index in [1.165, 1.54) is 0 Å². The monoisotopic (exact) mass is 282 g/mol. The average Bonchev–Trinajstić information content (AvgIpc) is 3.22. The van der Waals surface area contributed by atoms with Crippen LogP contribution >= 0.6 is 0 Å². The van der Waals surface area contributed by atoms with Crippen molar-refractivity contribution in [2.75, 3.05) is 0 Å². The molecule has 0 saturated heterocycles. The van der Waals surface area contributed by atoms with Crippen LogP contribution in [0.25, 0.3) is 0 Å². The van der Waals surface area contributed by atoms with E-state index in [9.17, 15) is 9.90 Å². The molecule has 1 atom stereocenters. The molecule has 0 aliphatic heterocycles. The molecule has 2 aliphatic carbocycles. The zero-order valence-corrected chi connectivity index (χ0v) is 11.8. The third-order valence-electron chi connectivity index (χ3n) is 4.71. The maximum atomic E-state index is 12.4. The van der Waals surface area contributed by atoms with Gasteiger partial charge >= 0.3 is 5.63 Å². The van der Waals surface area contributed by atoms with Crippen LogP contribution in [0.15, 0.2) is 39.5 Å². The fraction of sp³-hybridized carbons (Fsp3) is 0.389. The predicted molar refractivity (Wildman–Crippen MR) is 79.7 cm³/mol. The molecule has 2 aliphatic rings. The van der Waals surface area contributed by atoms with Crippen molar-refractivity contribution in [3.63, 3.8) is 0 Å². The first-order valence-electron chi connectivity index (χ1n) is 7.68. The highest BCUT2D eigenvalue weighted by atomic mass is 16.4. The van der Waals surface area contributed by atoms with Crippen molar-refractivity contribution in [3.05, 3.63) is 63.2 Å². The lowest BCUT2D eigenvalue weighted by Crippen LogP contribution is -2.17. The Morgan fingerprint density at radius 1 is 1.14 bits per heavy atom. The number of benzene rings is 1. The number of rotatable bonds is 3. The summed E-state index contributed by atoms with van der Waals surface area (Å²) in [7, 11) is 0. The lowest BCUT2D eigenvalue weighted by molar-refractivity contribution is 0.406. The molecule has 21 heavy (non-hydrogen) atoms. The van der Waals surface area contributed by atoms with Crippen molar-refractivity contribution in [2.24, 2.45) is 5.92 Å². The Hall–Kier alpha value is -2.03. The summed E-state index contributed by atoms with van der Waals surface area (Å²) < 4.78 is 5.50. The smallest absolute Gasteiger partial charge is 0.343 e. The molecule has 1 heterocycles. The van der Waals surface area contributed by atoms with Crippen molar-refractivity contribution in [1.29, 1.82) is 0 Å². The highest BCUT2D eigenvalue weighted by molar-refractivity contribution is 5.47. The molecular formula is C18H18O3. The normalized spacial score (nSPS) is 18.5. The maximum absolute atomic E-state index is 12.4. The van der Waals surface area contributed by atoms with Crippen LogP contribution in [0.3, 0.4) is 0 Å². The maximum Gasteiger partial charge on any atom is 0.343 e. The molecule has 0 spiro atoms. The van der Waals surface area contributed by atoms with Gasteiger partial charge in [0.25, 0.3) is 0 Å². The molecule has 1 aromatic heterocycles. The second kappa shape index (κ2) is 4.76. The van der Waals surface area contributed by atoms with E-state index < -0.39 is 0 Å². The minimum atomic E-state index is -0.353. The summed E-state index contributed by atoms with van der Waals surface area (Å²) in [6, 6.07) is 10.0. The number of hydrogen-bond donors (Lipinski definition) is 1. The summed E-state index contributed by atoms with van der Waals surface area (Å²) in [4.78, 5) is 12.4. The SMILES string of the molecule is O=c1oc2c(c(O)c1C(c1ccccc1)C1CC1)CCC2. The Bertz CT molecular complexity index is 726. The van der Waals surface area contributed by atoms with Gasteiger partial charge in [0.2, 0.25) is 0 Å². The third kappa shape index (κ3) is 2.08. The van der Waals surface area contributed by atoms with E-state index in [-0.39, 0.29) is 17.3 Å². The minimum Gasteiger partial charge on any atom is -0.507 e. The Balaban J connectivity index is 1.90. The van der Waals surface area contributed by atoms with E-state index in [0.717, 1.165) is 43.2 Å². The van der Waals surface area contributed by atoms with E-state index in [1.807, 2.05) is 30.3 Å². The van der Waals surface area contributed by atoms with E-state index >= 15 is 0 Å². The second-order valence-electron chi connectivity index (χ2n) is 6.13. The fourth-order valence-electron chi connectivity index (χ4n) is 3.54. The van der Waals surface area contributed by atoms with Crippen molar-refractivity contribution >= 4 is 0 Å². The summed E-state index contributed by atoms with van der Waals surface area (Å²) in [5, 5.41) is 10.6. The van der Waals surface area contributed by atoms with Crippen molar-refractivity contribution in [2.45, 2.75) is 38.0 Å². The van der Waals surface area contributed by atoms with Gasteiger partial charge < -0.3 is 9.52 Å². The number of hydrogen-bond acceptors (Lipinski definition) is 3. The topological polar surface area (TPSA) is 50.4 Å². The predicted octanol–water partition coefficient (Wildman–Crippen LogP) is 3.38. The average molecular weight is 282 g/mol. The zero-order valence-electron chi connectivity index (χ0n) is 11.8. The van der Waals surface area contributed by atoms with Gasteiger partial charge in [0.1, 0.15) is 11.5 Å². The molecule has 2 aromatic rings. The van der Waals surface area contributed by atoms with E-state index in [0.29, 0.717) is 17.2 Å². The summed E-state index contributed by atoms with van der Waals surface area (Å²) in [5.41, 5.74) is 2.07. The molecule has 0 radical (unpaired) electrons. The Labute approximate surface area is 123 Å². The van der Waals surface area contributed by atoms with Crippen LogP contribution in [0.2, 0.25) is 0 Å². The standard InChI is InChI=1S/C18H18O3/c19-17-13-7-4-8-14(13)21-18(20)16(17)15(12-9-10-12)11-5-2-1-3-6-11/h1-3,5-6,12,15,19H,4,7-10H2. The van der Waals surface area contributed by atoms with Crippen LogP contribution in [0.5, 0.6) is 5.75 Å². The van der Waals surface area contributed by atoms with E-state index in [1.54, 1.807) is 0 Å². The lowest BCUT2D eigenvalue weighted by Gasteiger charge is -2.18. The van der Waals surface area contributed by atoms with Crippen LogP contribution in [-0.2, 0) is 12.8 Å². The lowest BCUT2D eigenvalue weighted by atomic mass is 9.86. The van der Waals surface area contributed by atoms with Gasteiger partial charge in [-0.3, -0.25) is 0 Å². The molecule has 3 heteroatoms. The Morgan fingerprint density at radius 3 is 2.62 bits per heavy atom. The largest absolute Gasteiger partial charge is 0.507 e. The van der Waals surface area contributed by atoms with Crippen LogP contribution in [0.1, 0.15) is 47.6 Å². The fourth-order valence-corrected chi connectivity index (χ4v) is 3.54. The molecule has 1 saturated carbocycles. The molecular weight excluding hydrogens is 264 g/mol. The molecule has 3 nitrogen and oxygen atoms in total. The van der Waals surface area contributed by atoms with Crippen LogP contribution < -0.4 is 5.63 Å². The molecule has 1 fully saturated rings. The first-order valence-corrected chi connectivity index (χ1v) is 7.68. The quantitative estimate of drug-likeness (QED) is 0.939. The molecule has 0 bridgehead atoms. The van der Waals surface area contributed by atoms with E-state index in [4.69, 9.17) is 4.42 Å². The summed E-state index contributed by atoms with van der Waals surface area (Å²) in [6.07, 6.45) is 4.74. The zero-order chi connectivity index (χ0) is 14.4. The van der Waals surface area contributed by atoms with Gasteiger partial charge in [0.05, 0.1) is 5.56 Å². The van der Waals surface area contributed by atoms with Gasteiger partial charge in [-0.2, -0.15) is 0 Å².